The third kappa shape index (κ3) is 6.44. The fourth-order valence-electron chi connectivity index (χ4n) is 1.20. The Bertz CT molecular complexity index is 552. The van der Waals surface area contributed by atoms with Gasteiger partial charge in [-0.1, -0.05) is 34.8 Å². The fourth-order valence-corrected chi connectivity index (χ4v) is 1.56. The van der Waals surface area contributed by atoms with E-state index in [0.717, 1.165) is 0 Å². The van der Waals surface area contributed by atoms with Gasteiger partial charge in [0.25, 0.3) is 0 Å². The van der Waals surface area contributed by atoms with E-state index in [4.69, 9.17) is 74.3 Å². The quantitative estimate of drug-likeness (QED) is 0.653. The average molecular weight is 434 g/mol. The lowest BCUT2D eigenvalue weighted by Crippen LogP contribution is -2.41. The van der Waals surface area contributed by atoms with Gasteiger partial charge in [0.1, 0.15) is 12.4 Å². The van der Waals surface area contributed by atoms with Crippen LogP contribution >= 0.6 is 69.6 Å². The Balaban J connectivity index is 3.00. The monoisotopic (exact) mass is 431 g/mol. The van der Waals surface area contributed by atoms with Gasteiger partial charge in [-0.15, -0.1) is 0 Å². The maximum Gasteiger partial charge on any atom is 0.428 e. The van der Waals surface area contributed by atoms with E-state index < -0.39 is 26.6 Å². The molecule has 1 aromatic rings. The molecule has 22 heavy (non-hydrogen) atoms. The Hall–Kier alpha value is -0.310. The number of nitrogens with zero attached hydrogens (tertiary/aromatic N) is 3. The van der Waals surface area contributed by atoms with Crippen molar-refractivity contribution in [2.24, 2.45) is 7.05 Å². The molecule has 0 aliphatic carbocycles. The molecule has 13 heteroatoms. The lowest BCUT2D eigenvalue weighted by Gasteiger charge is -2.22. The lowest BCUT2D eigenvalue weighted by atomic mass is 10.5. The summed E-state index contributed by atoms with van der Waals surface area (Å²) >= 11 is 32.4. The minimum absolute atomic E-state index is 0.0198. The molecule has 0 aromatic carbocycles. The van der Waals surface area contributed by atoms with Crippen molar-refractivity contribution >= 4 is 87.6 Å². The Morgan fingerprint density at radius 3 is 2.23 bits per heavy atom. The number of aromatic nitrogens is 2. The summed E-state index contributed by atoms with van der Waals surface area (Å²) in [5, 5.41) is 3.79. The van der Waals surface area contributed by atoms with E-state index in [0.29, 0.717) is 4.90 Å². The predicted molar refractivity (Wildman–Crippen MR) is 84.1 cm³/mol. The summed E-state index contributed by atoms with van der Waals surface area (Å²) in [6, 6.07) is 1.32. The number of anilines is 1. The molecule has 0 saturated carbocycles. The number of halogens is 6. The number of alkyl halides is 6. The third-order valence-corrected chi connectivity index (χ3v) is 2.51. The van der Waals surface area contributed by atoms with Crippen molar-refractivity contribution in [2.45, 2.75) is 7.77 Å². The first kappa shape index (κ1) is 19.7. The topological polar surface area (TPSA) is 73.7 Å². The van der Waals surface area contributed by atoms with Crippen LogP contribution in [0.2, 0.25) is 0 Å². The highest BCUT2D eigenvalue weighted by Gasteiger charge is 2.36. The van der Waals surface area contributed by atoms with Crippen LogP contribution < -0.4 is 4.90 Å². The van der Waals surface area contributed by atoms with Gasteiger partial charge in [0.05, 0.1) is 6.20 Å². The molecular weight excluding hydrogens is 427 g/mol. The SMILES string of the molecule is Cn1nccc1N(C(=O)OCC(Cl)(Cl)Cl)C(=O)OC(Cl)(Cl)Cl. The van der Waals surface area contributed by atoms with Gasteiger partial charge in [-0.3, -0.25) is 4.68 Å². The summed E-state index contributed by atoms with van der Waals surface area (Å²) < 4.78 is 6.10. The Labute approximate surface area is 154 Å². The Morgan fingerprint density at radius 1 is 1.23 bits per heavy atom. The molecule has 1 aromatic heterocycles. The van der Waals surface area contributed by atoms with Gasteiger partial charge < -0.3 is 9.47 Å². The van der Waals surface area contributed by atoms with Gasteiger partial charge in [-0.05, 0) is 34.8 Å². The normalized spacial score (nSPS) is 12.0. The zero-order valence-corrected chi connectivity index (χ0v) is 15.1. The maximum atomic E-state index is 12.0. The van der Waals surface area contributed by atoms with Crippen LogP contribution in [-0.2, 0) is 16.5 Å². The highest BCUT2D eigenvalue weighted by atomic mass is 35.6. The largest absolute Gasteiger partial charge is 0.444 e. The highest BCUT2D eigenvalue weighted by molar-refractivity contribution is 6.67. The standard InChI is InChI=1S/C9H7Cl6N3O4/c1-17-5(2-3-16-17)18(7(20)22-9(13,14)15)6(19)21-4-8(10,11)12/h2-3H,4H2,1H3. The molecule has 0 spiro atoms. The van der Waals surface area contributed by atoms with Gasteiger partial charge in [-0.25, -0.2) is 9.59 Å². The molecule has 2 amide bonds. The van der Waals surface area contributed by atoms with Crippen molar-refractivity contribution < 1.29 is 19.1 Å². The average Bonchev–Trinajstić information content (AvgIpc) is 2.70. The van der Waals surface area contributed by atoms with Crippen molar-refractivity contribution in [3.8, 4) is 0 Å². The zero-order chi connectivity index (χ0) is 17.1. The number of imide groups is 1. The van der Waals surface area contributed by atoms with Crippen LogP contribution in [0.25, 0.3) is 0 Å². The molecule has 0 aliphatic heterocycles. The second-order valence-electron chi connectivity index (χ2n) is 3.63. The maximum absolute atomic E-state index is 12.0. The smallest absolute Gasteiger partial charge is 0.428 e. The van der Waals surface area contributed by atoms with Crippen molar-refractivity contribution in [2.75, 3.05) is 11.5 Å². The van der Waals surface area contributed by atoms with E-state index in [9.17, 15) is 9.59 Å². The van der Waals surface area contributed by atoms with E-state index in [1.54, 1.807) is 0 Å². The van der Waals surface area contributed by atoms with Crippen LogP contribution in [0, 0.1) is 0 Å². The first-order chi connectivity index (χ1) is 9.91. The first-order valence-corrected chi connectivity index (χ1v) is 7.49. The van der Waals surface area contributed by atoms with Crippen molar-refractivity contribution in [1.29, 1.82) is 0 Å². The van der Waals surface area contributed by atoms with Crippen LogP contribution in [0.5, 0.6) is 0 Å². The highest BCUT2D eigenvalue weighted by Crippen LogP contribution is 2.30. The molecule has 0 radical (unpaired) electrons. The van der Waals surface area contributed by atoms with Gasteiger partial charge in [0, 0.05) is 13.1 Å². The molecule has 0 saturated heterocycles. The first-order valence-electron chi connectivity index (χ1n) is 5.22. The molecule has 0 unspecified atom stereocenters. The van der Waals surface area contributed by atoms with Crippen molar-refractivity contribution in [1.82, 2.24) is 9.78 Å². The lowest BCUT2D eigenvalue weighted by molar-refractivity contribution is 0.134. The summed E-state index contributed by atoms with van der Waals surface area (Å²) in [4.78, 5) is 24.4. The Morgan fingerprint density at radius 2 is 1.82 bits per heavy atom. The molecular formula is C9H7Cl6N3O4. The second-order valence-corrected chi connectivity index (χ2v) is 8.33. The molecule has 0 atom stereocenters. The molecule has 1 rings (SSSR count). The van der Waals surface area contributed by atoms with E-state index in [2.05, 4.69) is 9.84 Å². The fraction of sp³-hybridized carbons (Fsp3) is 0.444. The molecule has 0 N–H and O–H groups in total. The summed E-state index contributed by atoms with van der Waals surface area (Å²) in [5.41, 5.74) is 0. The van der Waals surface area contributed by atoms with Gasteiger partial charge >= 0.3 is 16.2 Å². The zero-order valence-electron chi connectivity index (χ0n) is 10.6. The Kier molecular flexibility index (Phi) is 6.73. The molecule has 1 heterocycles. The minimum atomic E-state index is -2.39. The number of carbonyl (C=O) groups is 2. The number of hydrogen-bond acceptors (Lipinski definition) is 5. The van der Waals surface area contributed by atoms with Crippen molar-refractivity contribution in [3.63, 3.8) is 0 Å². The number of amides is 2. The predicted octanol–water partition coefficient (Wildman–Crippen LogP) is 4.20. The number of rotatable bonds is 2. The van der Waals surface area contributed by atoms with Gasteiger partial charge in [0.15, 0.2) is 0 Å². The van der Waals surface area contributed by atoms with Crippen LogP contribution in [-0.4, -0.2) is 36.3 Å². The third-order valence-electron chi connectivity index (χ3n) is 1.95. The summed E-state index contributed by atoms with van der Waals surface area (Å²) in [6.07, 6.45) is -1.22. The molecule has 124 valence electrons. The number of aryl methyl sites for hydroxylation is 1. The van der Waals surface area contributed by atoms with Gasteiger partial charge in [-0.2, -0.15) is 10.00 Å². The van der Waals surface area contributed by atoms with E-state index in [1.165, 1.54) is 24.0 Å². The van der Waals surface area contributed by atoms with E-state index in [1.807, 2.05) is 0 Å². The number of carbonyl (C=O) groups excluding carboxylic acids is 2. The van der Waals surface area contributed by atoms with E-state index >= 15 is 0 Å². The van der Waals surface area contributed by atoms with Gasteiger partial charge in [0.2, 0.25) is 3.79 Å². The number of hydrogen-bond donors (Lipinski definition) is 0. The molecule has 0 fully saturated rings. The van der Waals surface area contributed by atoms with Crippen LogP contribution in [0.15, 0.2) is 12.3 Å². The van der Waals surface area contributed by atoms with Crippen LogP contribution in [0.3, 0.4) is 0 Å². The molecule has 0 aliphatic rings. The van der Waals surface area contributed by atoms with Crippen LogP contribution in [0.4, 0.5) is 15.4 Å². The van der Waals surface area contributed by atoms with Crippen LogP contribution in [0.1, 0.15) is 0 Å². The summed E-state index contributed by atoms with van der Waals surface area (Å²) in [5.74, 6) is -0.0198. The number of ether oxygens (including phenoxy) is 2. The molecule has 7 nitrogen and oxygen atoms in total. The minimum Gasteiger partial charge on any atom is -0.444 e. The molecule has 0 bridgehead atoms. The summed E-state index contributed by atoms with van der Waals surface area (Å²) in [7, 11) is 1.45. The summed E-state index contributed by atoms with van der Waals surface area (Å²) in [6.45, 7) is -0.619. The van der Waals surface area contributed by atoms with Crippen molar-refractivity contribution in [3.05, 3.63) is 12.3 Å². The second kappa shape index (κ2) is 7.51. The van der Waals surface area contributed by atoms with E-state index in [-0.39, 0.29) is 5.82 Å².